The minimum absolute atomic E-state index is 0.586. The van der Waals surface area contributed by atoms with E-state index >= 15 is 0 Å². The Balaban J connectivity index is 2.09. The van der Waals surface area contributed by atoms with Gasteiger partial charge in [-0.3, -0.25) is 0 Å². The molecule has 1 atom stereocenters. The minimum Gasteiger partial charge on any atom is -0.496 e. The molecule has 2 nitrogen and oxygen atoms in total. The molecule has 2 aromatic rings. The molecule has 0 bridgehead atoms. The third-order valence-corrected chi connectivity index (χ3v) is 4.66. The van der Waals surface area contributed by atoms with E-state index in [1.165, 1.54) is 24.8 Å². The lowest BCUT2D eigenvalue weighted by Crippen LogP contribution is -2.27. The molecule has 0 heterocycles. The van der Waals surface area contributed by atoms with Gasteiger partial charge >= 0.3 is 0 Å². The maximum atomic E-state index is 11.2. The van der Waals surface area contributed by atoms with E-state index in [1.54, 1.807) is 7.11 Å². The van der Waals surface area contributed by atoms with Gasteiger partial charge < -0.3 is 9.84 Å². The number of ether oxygens (including phenoxy) is 1. The SMILES string of the molecule is COc1ccccc1C(C)(O)c1ccccc1C1CCC1. The van der Waals surface area contributed by atoms with Crippen molar-refractivity contribution in [2.24, 2.45) is 0 Å². The van der Waals surface area contributed by atoms with E-state index in [1.807, 2.05) is 43.3 Å². The van der Waals surface area contributed by atoms with Crippen molar-refractivity contribution in [3.05, 3.63) is 65.2 Å². The van der Waals surface area contributed by atoms with Crippen LogP contribution in [0.15, 0.2) is 48.5 Å². The van der Waals surface area contributed by atoms with Crippen LogP contribution in [0.3, 0.4) is 0 Å². The minimum atomic E-state index is -1.04. The third kappa shape index (κ3) is 2.44. The fraction of sp³-hybridized carbons (Fsp3) is 0.368. The summed E-state index contributed by atoms with van der Waals surface area (Å²) in [5.41, 5.74) is 2.05. The molecule has 0 spiro atoms. The van der Waals surface area contributed by atoms with Crippen LogP contribution in [0, 0.1) is 0 Å². The van der Waals surface area contributed by atoms with Gasteiger partial charge in [-0.05, 0) is 42.9 Å². The quantitative estimate of drug-likeness (QED) is 0.910. The summed E-state index contributed by atoms with van der Waals surface area (Å²) in [6, 6.07) is 16.0. The molecule has 21 heavy (non-hydrogen) atoms. The Morgan fingerprint density at radius 3 is 2.24 bits per heavy atom. The molecule has 0 aliphatic heterocycles. The standard InChI is InChI=1S/C19H22O2/c1-19(20,17-12-5-6-13-18(17)21-2)16-11-4-3-10-15(16)14-8-7-9-14/h3-6,10-14,20H,7-9H2,1-2H3. The van der Waals surface area contributed by atoms with Crippen LogP contribution in [0.1, 0.15) is 48.8 Å². The highest BCUT2D eigenvalue weighted by Crippen LogP contribution is 2.43. The van der Waals surface area contributed by atoms with Crippen LogP contribution >= 0.6 is 0 Å². The average Bonchev–Trinajstić information content (AvgIpc) is 2.46. The molecule has 0 aromatic heterocycles. The summed E-state index contributed by atoms with van der Waals surface area (Å²) >= 11 is 0. The maximum Gasteiger partial charge on any atom is 0.125 e. The van der Waals surface area contributed by atoms with E-state index in [-0.39, 0.29) is 0 Å². The second-order valence-corrected chi connectivity index (χ2v) is 5.99. The molecule has 3 rings (SSSR count). The van der Waals surface area contributed by atoms with E-state index in [9.17, 15) is 5.11 Å². The van der Waals surface area contributed by atoms with E-state index < -0.39 is 5.60 Å². The zero-order valence-corrected chi connectivity index (χ0v) is 12.7. The first kappa shape index (κ1) is 14.2. The Morgan fingerprint density at radius 2 is 1.62 bits per heavy atom. The van der Waals surface area contributed by atoms with E-state index in [0.717, 1.165) is 16.9 Å². The van der Waals surface area contributed by atoms with Gasteiger partial charge in [0.2, 0.25) is 0 Å². The molecule has 0 saturated heterocycles. The molecule has 2 heteroatoms. The highest BCUT2D eigenvalue weighted by Gasteiger charge is 2.33. The number of methoxy groups -OCH3 is 1. The fourth-order valence-electron chi connectivity index (χ4n) is 3.21. The Bertz CT molecular complexity index is 627. The van der Waals surface area contributed by atoms with Crippen molar-refractivity contribution >= 4 is 0 Å². The number of para-hydroxylation sites is 1. The van der Waals surface area contributed by atoms with Crippen molar-refractivity contribution in [2.75, 3.05) is 7.11 Å². The van der Waals surface area contributed by atoms with Crippen molar-refractivity contribution in [2.45, 2.75) is 37.7 Å². The summed E-state index contributed by atoms with van der Waals surface area (Å²) in [4.78, 5) is 0. The van der Waals surface area contributed by atoms with Gasteiger partial charge in [0.15, 0.2) is 0 Å². The summed E-state index contributed by atoms with van der Waals surface area (Å²) < 4.78 is 5.43. The molecule has 2 aromatic carbocycles. The van der Waals surface area contributed by atoms with Gasteiger partial charge in [-0.25, -0.2) is 0 Å². The first-order valence-corrected chi connectivity index (χ1v) is 7.60. The number of benzene rings is 2. The maximum absolute atomic E-state index is 11.2. The van der Waals surface area contributed by atoms with Crippen molar-refractivity contribution in [1.29, 1.82) is 0 Å². The number of aliphatic hydroxyl groups is 1. The number of rotatable bonds is 4. The Kier molecular flexibility index (Phi) is 3.73. The second kappa shape index (κ2) is 5.53. The average molecular weight is 282 g/mol. The van der Waals surface area contributed by atoms with Gasteiger partial charge in [0, 0.05) is 5.56 Å². The van der Waals surface area contributed by atoms with Crippen LogP contribution in [0.5, 0.6) is 5.75 Å². The zero-order chi connectivity index (χ0) is 14.9. The highest BCUT2D eigenvalue weighted by atomic mass is 16.5. The van der Waals surface area contributed by atoms with Crippen molar-refractivity contribution in [3.63, 3.8) is 0 Å². The highest BCUT2D eigenvalue weighted by molar-refractivity contribution is 5.47. The normalized spacial score (nSPS) is 17.9. The second-order valence-electron chi connectivity index (χ2n) is 5.99. The van der Waals surface area contributed by atoms with Crippen molar-refractivity contribution in [3.8, 4) is 5.75 Å². The van der Waals surface area contributed by atoms with Gasteiger partial charge in [-0.1, -0.05) is 48.9 Å². The predicted octanol–water partition coefficient (Wildman–Crippen LogP) is 4.22. The lowest BCUT2D eigenvalue weighted by atomic mass is 9.74. The molecule has 0 amide bonds. The van der Waals surface area contributed by atoms with Gasteiger partial charge in [0.1, 0.15) is 11.4 Å². The Labute approximate surface area is 126 Å². The van der Waals surface area contributed by atoms with Gasteiger partial charge in [-0.2, -0.15) is 0 Å². The summed E-state index contributed by atoms with van der Waals surface area (Å²) in [7, 11) is 1.65. The molecule has 1 saturated carbocycles. The molecule has 1 aliphatic rings. The summed E-state index contributed by atoms with van der Waals surface area (Å²) in [5, 5.41) is 11.2. The van der Waals surface area contributed by atoms with Crippen molar-refractivity contribution in [1.82, 2.24) is 0 Å². The first-order chi connectivity index (χ1) is 10.1. The number of hydrogen-bond donors (Lipinski definition) is 1. The lowest BCUT2D eigenvalue weighted by Gasteiger charge is -2.34. The molecule has 1 aliphatic carbocycles. The summed E-state index contributed by atoms with van der Waals surface area (Å²) in [6.45, 7) is 1.86. The van der Waals surface area contributed by atoms with Gasteiger partial charge in [0.25, 0.3) is 0 Å². The Morgan fingerprint density at radius 1 is 1.00 bits per heavy atom. The first-order valence-electron chi connectivity index (χ1n) is 7.60. The van der Waals surface area contributed by atoms with E-state index in [0.29, 0.717) is 5.92 Å². The molecule has 110 valence electrons. The van der Waals surface area contributed by atoms with Crippen LogP contribution in [-0.4, -0.2) is 12.2 Å². The monoisotopic (exact) mass is 282 g/mol. The molecular formula is C19H22O2. The third-order valence-electron chi connectivity index (χ3n) is 4.66. The largest absolute Gasteiger partial charge is 0.496 e. The Hall–Kier alpha value is -1.80. The summed E-state index contributed by atoms with van der Waals surface area (Å²) in [5.74, 6) is 1.31. The topological polar surface area (TPSA) is 29.5 Å². The molecule has 1 N–H and O–H groups in total. The van der Waals surface area contributed by atoms with Gasteiger partial charge in [-0.15, -0.1) is 0 Å². The predicted molar refractivity (Wildman–Crippen MR) is 84.7 cm³/mol. The van der Waals surface area contributed by atoms with Crippen LogP contribution in [0.25, 0.3) is 0 Å². The molecule has 0 radical (unpaired) electrons. The fourth-order valence-corrected chi connectivity index (χ4v) is 3.21. The summed E-state index contributed by atoms with van der Waals surface area (Å²) in [6.07, 6.45) is 3.73. The van der Waals surface area contributed by atoms with Crippen LogP contribution < -0.4 is 4.74 Å². The van der Waals surface area contributed by atoms with Crippen LogP contribution in [0.4, 0.5) is 0 Å². The van der Waals surface area contributed by atoms with Gasteiger partial charge in [0.05, 0.1) is 7.11 Å². The van der Waals surface area contributed by atoms with Crippen molar-refractivity contribution < 1.29 is 9.84 Å². The molecule has 1 fully saturated rings. The van der Waals surface area contributed by atoms with Crippen LogP contribution in [-0.2, 0) is 5.60 Å². The number of hydrogen-bond acceptors (Lipinski definition) is 2. The van der Waals surface area contributed by atoms with E-state index in [2.05, 4.69) is 12.1 Å². The van der Waals surface area contributed by atoms with E-state index in [4.69, 9.17) is 4.74 Å². The molecular weight excluding hydrogens is 260 g/mol. The van der Waals surface area contributed by atoms with Crippen LogP contribution in [0.2, 0.25) is 0 Å². The lowest BCUT2D eigenvalue weighted by molar-refractivity contribution is 0.0968. The molecule has 1 unspecified atom stereocenters. The zero-order valence-electron chi connectivity index (χ0n) is 12.7. The smallest absolute Gasteiger partial charge is 0.125 e.